The number of carboxylic acid groups (broad SMARTS) is 1. The molecule has 0 spiro atoms. The molecule has 0 aliphatic carbocycles. The quantitative estimate of drug-likeness (QED) is 0.884. The van der Waals surface area contributed by atoms with Crippen molar-refractivity contribution < 1.29 is 14.3 Å². The molecule has 0 amide bonds. The number of piperazine rings is 1. The van der Waals surface area contributed by atoms with Crippen molar-refractivity contribution >= 4 is 22.6 Å². The van der Waals surface area contributed by atoms with Crippen LogP contribution in [0.25, 0.3) is 10.9 Å². The van der Waals surface area contributed by atoms with Gasteiger partial charge in [0.15, 0.2) is 0 Å². The van der Waals surface area contributed by atoms with Crippen molar-refractivity contribution in [2.75, 3.05) is 57.2 Å². The van der Waals surface area contributed by atoms with E-state index in [0.717, 1.165) is 19.2 Å². The molecule has 0 saturated carbocycles. The van der Waals surface area contributed by atoms with Gasteiger partial charge < -0.3 is 19.9 Å². The molecule has 3 rings (SSSR count). The van der Waals surface area contributed by atoms with E-state index in [0.29, 0.717) is 24.3 Å². The first-order valence-corrected chi connectivity index (χ1v) is 8.03. The average Bonchev–Trinajstić information content (AvgIpc) is 2.55. The van der Waals surface area contributed by atoms with E-state index in [-0.39, 0.29) is 10.9 Å². The molecule has 0 atom stereocenters. The largest absolute Gasteiger partial charge is 0.477 e. The van der Waals surface area contributed by atoms with Crippen LogP contribution in [0.2, 0.25) is 0 Å². The molecular weight excluding hydrogens is 327 g/mol. The van der Waals surface area contributed by atoms with Gasteiger partial charge in [-0.1, -0.05) is 0 Å². The van der Waals surface area contributed by atoms with E-state index < -0.39 is 17.2 Å². The molecular formula is C17H21FN4O3. The van der Waals surface area contributed by atoms with Crippen molar-refractivity contribution in [3.8, 4) is 0 Å². The summed E-state index contributed by atoms with van der Waals surface area (Å²) in [6.45, 7) is 3.04. The van der Waals surface area contributed by atoms with E-state index in [9.17, 15) is 19.1 Å². The highest BCUT2D eigenvalue weighted by atomic mass is 19.1. The van der Waals surface area contributed by atoms with Gasteiger partial charge >= 0.3 is 5.97 Å². The highest BCUT2D eigenvalue weighted by molar-refractivity contribution is 5.93. The molecule has 1 N–H and O–H groups in total. The Morgan fingerprint density at radius 1 is 1.20 bits per heavy atom. The predicted octanol–water partition coefficient (Wildman–Crippen LogP) is 0.788. The monoisotopic (exact) mass is 348 g/mol. The van der Waals surface area contributed by atoms with Crippen molar-refractivity contribution in [3.05, 3.63) is 39.9 Å². The lowest BCUT2D eigenvalue weighted by atomic mass is 10.1. The van der Waals surface area contributed by atoms with Crippen LogP contribution in [0, 0.1) is 5.82 Å². The fourth-order valence-electron chi connectivity index (χ4n) is 3.09. The lowest BCUT2D eigenvalue weighted by Crippen LogP contribution is -2.44. The van der Waals surface area contributed by atoms with Crippen LogP contribution < -0.4 is 15.3 Å². The topological polar surface area (TPSA) is 69.0 Å². The van der Waals surface area contributed by atoms with Crippen LogP contribution in [-0.2, 0) is 0 Å². The van der Waals surface area contributed by atoms with Gasteiger partial charge in [-0.3, -0.25) is 9.47 Å². The number of pyridine rings is 1. The number of fused-ring (bicyclic) bond motifs is 1. The number of hydrogen-bond acceptors (Lipinski definition) is 5. The van der Waals surface area contributed by atoms with Gasteiger partial charge in [-0.2, -0.15) is 0 Å². The Kier molecular flexibility index (Phi) is 4.38. The van der Waals surface area contributed by atoms with E-state index in [1.807, 2.05) is 11.9 Å². The number of nitrogens with zero attached hydrogens (tertiary/aromatic N) is 4. The maximum absolute atomic E-state index is 14.7. The molecule has 7 nitrogen and oxygen atoms in total. The van der Waals surface area contributed by atoms with Crippen molar-refractivity contribution in [1.82, 2.24) is 9.58 Å². The fraction of sp³-hybridized carbons (Fsp3) is 0.412. The summed E-state index contributed by atoms with van der Waals surface area (Å²) in [6.07, 6.45) is 1.28. The van der Waals surface area contributed by atoms with Gasteiger partial charge in [0.05, 0.1) is 16.6 Å². The van der Waals surface area contributed by atoms with Gasteiger partial charge in [-0.05, 0) is 19.2 Å². The lowest BCUT2D eigenvalue weighted by Gasteiger charge is -2.34. The molecule has 1 aliphatic heterocycles. The van der Waals surface area contributed by atoms with E-state index in [1.54, 1.807) is 29.8 Å². The van der Waals surface area contributed by atoms with E-state index >= 15 is 0 Å². The summed E-state index contributed by atoms with van der Waals surface area (Å²) in [5, 5.41) is 11.0. The van der Waals surface area contributed by atoms with Crippen LogP contribution >= 0.6 is 0 Å². The molecule has 8 heteroatoms. The molecule has 0 radical (unpaired) electrons. The number of carboxylic acids is 1. The number of aromatic nitrogens is 1. The second kappa shape index (κ2) is 6.36. The SMILES string of the molecule is CN1CCN(c2cc3c(cc2F)c(=O)c(C(=O)O)cn3N(C)C)CC1. The number of anilines is 1. The predicted molar refractivity (Wildman–Crippen MR) is 94.9 cm³/mol. The molecule has 2 heterocycles. The number of hydrogen-bond donors (Lipinski definition) is 1. The highest BCUT2D eigenvalue weighted by Crippen LogP contribution is 2.26. The van der Waals surface area contributed by atoms with Crippen LogP contribution in [0.4, 0.5) is 10.1 Å². The first-order valence-electron chi connectivity index (χ1n) is 8.03. The van der Waals surface area contributed by atoms with Crippen LogP contribution in [0.15, 0.2) is 23.1 Å². The summed E-state index contributed by atoms with van der Waals surface area (Å²) in [5.74, 6) is -1.84. The number of rotatable bonds is 3. The highest BCUT2D eigenvalue weighted by Gasteiger charge is 2.21. The van der Waals surface area contributed by atoms with Crippen LogP contribution in [0.5, 0.6) is 0 Å². The zero-order chi connectivity index (χ0) is 18.3. The minimum atomic E-state index is -1.33. The van der Waals surface area contributed by atoms with Crippen LogP contribution in [-0.4, -0.2) is 68.0 Å². The Morgan fingerprint density at radius 3 is 2.40 bits per heavy atom. The molecule has 1 aliphatic rings. The summed E-state index contributed by atoms with van der Waals surface area (Å²) in [4.78, 5) is 27.9. The van der Waals surface area contributed by atoms with Gasteiger partial charge in [-0.25, -0.2) is 9.18 Å². The number of halogens is 1. The van der Waals surface area contributed by atoms with Gasteiger partial charge in [0.25, 0.3) is 0 Å². The molecule has 1 aromatic carbocycles. The first kappa shape index (κ1) is 17.2. The average molecular weight is 348 g/mol. The maximum atomic E-state index is 14.7. The van der Waals surface area contributed by atoms with Crippen molar-refractivity contribution in [3.63, 3.8) is 0 Å². The van der Waals surface area contributed by atoms with Gasteiger partial charge in [0, 0.05) is 46.5 Å². The normalized spacial score (nSPS) is 15.6. The second-order valence-electron chi connectivity index (χ2n) is 6.48. The van der Waals surface area contributed by atoms with E-state index in [2.05, 4.69) is 4.90 Å². The van der Waals surface area contributed by atoms with Crippen molar-refractivity contribution in [1.29, 1.82) is 0 Å². The third kappa shape index (κ3) is 3.05. The molecule has 1 aromatic heterocycles. The molecule has 25 heavy (non-hydrogen) atoms. The number of likely N-dealkylation sites (N-methyl/N-ethyl adjacent to an activating group) is 1. The standard InChI is InChI=1S/C17H21FN4O3/c1-19(2)22-10-12(17(24)25)16(23)11-8-13(18)15(9-14(11)22)21-6-4-20(3)5-7-21/h8-10H,4-7H2,1-3H3,(H,24,25). The molecule has 0 bridgehead atoms. The molecule has 1 saturated heterocycles. The van der Waals surface area contributed by atoms with Crippen molar-refractivity contribution in [2.45, 2.75) is 0 Å². The number of benzene rings is 1. The molecule has 2 aromatic rings. The van der Waals surface area contributed by atoms with Crippen LogP contribution in [0.1, 0.15) is 10.4 Å². The fourth-order valence-corrected chi connectivity index (χ4v) is 3.09. The summed E-state index contributed by atoms with van der Waals surface area (Å²) < 4.78 is 16.2. The summed E-state index contributed by atoms with van der Waals surface area (Å²) >= 11 is 0. The third-order valence-electron chi connectivity index (χ3n) is 4.56. The Hall–Kier alpha value is -2.61. The van der Waals surface area contributed by atoms with E-state index in [1.165, 1.54) is 6.20 Å². The van der Waals surface area contributed by atoms with Gasteiger partial charge in [-0.15, -0.1) is 0 Å². The summed E-state index contributed by atoms with van der Waals surface area (Å²) in [7, 11) is 5.48. The van der Waals surface area contributed by atoms with Gasteiger partial charge in [0.2, 0.25) is 5.43 Å². The second-order valence-corrected chi connectivity index (χ2v) is 6.48. The molecule has 134 valence electrons. The zero-order valence-electron chi connectivity index (χ0n) is 14.5. The first-order chi connectivity index (χ1) is 11.8. The molecule has 0 unspecified atom stereocenters. The number of aromatic carboxylic acids is 1. The minimum Gasteiger partial charge on any atom is -0.477 e. The maximum Gasteiger partial charge on any atom is 0.341 e. The number of carbonyl (C=O) groups is 1. The Balaban J connectivity index is 2.22. The minimum absolute atomic E-state index is 0.0592. The summed E-state index contributed by atoms with van der Waals surface area (Å²) in [5.41, 5.74) is -0.147. The van der Waals surface area contributed by atoms with Gasteiger partial charge in [0.1, 0.15) is 11.4 Å². The Bertz CT molecular complexity index is 886. The zero-order valence-corrected chi connectivity index (χ0v) is 14.5. The summed E-state index contributed by atoms with van der Waals surface area (Å²) in [6, 6.07) is 2.78. The lowest BCUT2D eigenvalue weighted by molar-refractivity contribution is 0.0695. The molecule has 1 fully saturated rings. The van der Waals surface area contributed by atoms with Crippen LogP contribution in [0.3, 0.4) is 0 Å². The van der Waals surface area contributed by atoms with E-state index in [4.69, 9.17) is 0 Å². The Labute approximate surface area is 144 Å². The smallest absolute Gasteiger partial charge is 0.341 e. The third-order valence-corrected chi connectivity index (χ3v) is 4.56. The van der Waals surface area contributed by atoms with Crippen molar-refractivity contribution in [2.24, 2.45) is 0 Å². The Morgan fingerprint density at radius 2 is 1.84 bits per heavy atom.